The molecule has 11 heteroatoms. The molecule has 1 N–H and O–H groups in total. The molecule has 0 saturated heterocycles. The van der Waals surface area contributed by atoms with Crippen LogP contribution in [0.1, 0.15) is 6.92 Å². The Kier molecular flexibility index (Phi) is 6.76. The van der Waals surface area contributed by atoms with Gasteiger partial charge >= 0.3 is 0 Å². The maximum Gasteiger partial charge on any atom is 0.249 e. The molecule has 0 unspecified atom stereocenters. The lowest BCUT2D eigenvalue weighted by Crippen LogP contribution is -2.45. The second-order valence-electron chi connectivity index (χ2n) is 6.57. The van der Waals surface area contributed by atoms with Crippen LogP contribution in [-0.2, 0) is 14.8 Å². The summed E-state index contributed by atoms with van der Waals surface area (Å²) in [4.78, 5) is 12.8. The molecule has 1 atom stereocenters. The van der Waals surface area contributed by atoms with E-state index < -0.39 is 22.0 Å². The van der Waals surface area contributed by atoms with Crippen LogP contribution in [0.4, 0.5) is 10.8 Å². The number of carbonyl (C=O) groups is 1. The van der Waals surface area contributed by atoms with Crippen LogP contribution in [0.25, 0.3) is 10.6 Å². The van der Waals surface area contributed by atoms with Gasteiger partial charge in [0.2, 0.25) is 21.1 Å². The Balaban J connectivity index is 1.80. The molecule has 0 radical (unpaired) electrons. The predicted molar refractivity (Wildman–Crippen MR) is 120 cm³/mol. The number of hydrogen-bond donors (Lipinski definition) is 1. The van der Waals surface area contributed by atoms with E-state index in [1.165, 1.54) is 25.4 Å². The molecule has 1 amide bonds. The van der Waals surface area contributed by atoms with Crippen molar-refractivity contribution >= 4 is 38.1 Å². The zero-order chi connectivity index (χ0) is 22.6. The number of ether oxygens (including phenoxy) is 2. The van der Waals surface area contributed by atoms with Crippen molar-refractivity contribution in [3.8, 4) is 22.1 Å². The van der Waals surface area contributed by atoms with Crippen molar-refractivity contribution < 1.29 is 22.7 Å². The summed E-state index contributed by atoms with van der Waals surface area (Å²) in [6.45, 7) is 1.50. The van der Waals surface area contributed by atoms with Crippen molar-refractivity contribution in [1.29, 1.82) is 0 Å². The molecule has 9 nitrogen and oxygen atoms in total. The molecule has 0 bridgehead atoms. The summed E-state index contributed by atoms with van der Waals surface area (Å²) >= 11 is 1.18. The van der Waals surface area contributed by atoms with E-state index in [1.54, 1.807) is 43.5 Å². The minimum absolute atomic E-state index is 0.266. The first kappa shape index (κ1) is 22.5. The molecular weight excluding hydrogens is 440 g/mol. The van der Waals surface area contributed by atoms with Gasteiger partial charge < -0.3 is 9.47 Å². The monoisotopic (exact) mass is 462 g/mol. The molecule has 0 saturated carbocycles. The van der Waals surface area contributed by atoms with E-state index in [0.717, 1.165) is 16.1 Å². The summed E-state index contributed by atoms with van der Waals surface area (Å²) in [7, 11) is -0.686. The standard InChI is InChI=1S/C20H22N4O5S2/c1-13(24(31(4,26)27)15-6-5-7-17(12-15)29-3)18(25)21-20-23-22-19(30-20)14-8-10-16(28-2)11-9-14/h5-13H,1-4H3,(H,21,23,25)/t13-/m1/s1. The maximum atomic E-state index is 12.8. The Morgan fingerprint density at radius 3 is 2.35 bits per heavy atom. The van der Waals surface area contributed by atoms with E-state index in [9.17, 15) is 13.2 Å². The Morgan fingerprint density at radius 1 is 1.06 bits per heavy atom. The molecule has 0 spiro atoms. The number of rotatable bonds is 8. The van der Waals surface area contributed by atoms with Gasteiger partial charge in [0.1, 0.15) is 22.5 Å². The Hall–Kier alpha value is -3.18. The normalized spacial score (nSPS) is 12.1. The van der Waals surface area contributed by atoms with Gasteiger partial charge in [-0.2, -0.15) is 0 Å². The zero-order valence-electron chi connectivity index (χ0n) is 17.4. The molecular formula is C20H22N4O5S2. The first-order chi connectivity index (χ1) is 14.7. The fourth-order valence-electron chi connectivity index (χ4n) is 2.89. The van der Waals surface area contributed by atoms with Gasteiger partial charge in [-0.15, -0.1) is 10.2 Å². The summed E-state index contributed by atoms with van der Waals surface area (Å²) in [5, 5.41) is 11.6. The average Bonchev–Trinajstić information content (AvgIpc) is 3.21. The molecule has 0 aliphatic carbocycles. The number of carbonyl (C=O) groups excluding carboxylic acids is 1. The number of sulfonamides is 1. The van der Waals surface area contributed by atoms with Crippen molar-refractivity contribution in [2.24, 2.45) is 0 Å². The fraction of sp³-hybridized carbons (Fsp3) is 0.250. The average molecular weight is 463 g/mol. The molecule has 1 heterocycles. The summed E-state index contributed by atoms with van der Waals surface area (Å²) in [5.41, 5.74) is 1.14. The molecule has 1 aromatic heterocycles. The highest BCUT2D eigenvalue weighted by molar-refractivity contribution is 7.92. The van der Waals surface area contributed by atoms with Gasteiger partial charge in [-0.1, -0.05) is 17.4 Å². The van der Waals surface area contributed by atoms with Crippen molar-refractivity contribution in [1.82, 2.24) is 10.2 Å². The quantitative estimate of drug-likeness (QED) is 0.548. The topological polar surface area (TPSA) is 111 Å². The van der Waals surface area contributed by atoms with Crippen LogP contribution in [0, 0.1) is 0 Å². The molecule has 2 aromatic carbocycles. The molecule has 0 aliphatic rings. The number of benzene rings is 2. The molecule has 31 heavy (non-hydrogen) atoms. The van der Waals surface area contributed by atoms with Crippen LogP contribution in [0.5, 0.6) is 11.5 Å². The lowest BCUT2D eigenvalue weighted by atomic mass is 10.2. The highest BCUT2D eigenvalue weighted by Crippen LogP contribution is 2.29. The smallest absolute Gasteiger partial charge is 0.249 e. The van der Waals surface area contributed by atoms with Gasteiger partial charge in [-0.25, -0.2) is 8.42 Å². The number of amides is 1. The first-order valence-electron chi connectivity index (χ1n) is 9.15. The van der Waals surface area contributed by atoms with Crippen LogP contribution in [0.2, 0.25) is 0 Å². The molecule has 3 rings (SSSR count). The minimum atomic E-state index is -3.75. The lowest BCUT2D eigenvalue weighted by Gasteiger charge is -2.28. The van der Waals surface area contributed by atoms with E-state index in [-0.39, 0.29) is 5.13 Å². The van der Waals surface area contributed by atoms with E-state index in [4.69, 9.17) is 9.47 Å². The van der Waals surface area contributed by atoms with Crippen LogP contribution in [0.3, 0.4) is 0 Å². The SMILES string of the molecule is COc1ccc(-c2nnc(NC(=O)[C@@H](C)N(c3cccc(OC)c3)S(C)(=O)=O)s2)cc1. The van der Waals surface area contributed by atoms with E-state index >= 15 is 0 Å². The summed E-state index contributed by atoms with van der Waals surface area (Å²) in [5.74, 6) is 0.659. The largest absolute Gasteiger partial charge is 0.497 e. The van der Waals surface area contributed by atoms with Gasteiger partial charge in [-0.05, 0) is 43.3 Å². The molecule has 0 aliphatic heterocycles. The van der Waals surface area contributed by atoms with Crippen LogP contribution < -0.4 is 19.1 Å². The van der Waals surface area contributed by atoms with Gasteiger partial charge in [0, 0.05) is 11.6 Å². The zero-order valence-corrected chi connectivity index (χ0v) is 19.0. The Bertz CT molecular complexity index is 1160. The highest BCUT2D eigenvalue weighted by Gasteiger charge is 2.30. The van der Waals surface area contributed by atoms with E-state index in [0.29, 0.717) is 22.2 Å². The summed E-state index contributed by atoms with van der Waals surface area (Å²) in [6, 6.07) is 12.7. The molecule has 3 aromatic rings. The van der Waals surface area contributed by atoms with Crippen molar-refractivity contribution in [2.75, 3.05) is 30.1 Å². The van der Waals surface area contributed by atoms with Crippen LogP contribution >= 0.6 is 11.3 Å². The van der Waals surface area contributed by atoms with Crippen molar-refractivity contribution in [3.63, 3.8) is 0 Å². The third-order valence-corrected chi connectivity index (χ3v) is 6.52. The second kappa shape index (κ2) is 9.31. The van der Waals surface area contributed by atoms with Crippen molar-refractivity contribution in [2.45, 2.75) is 13.0 Å². The molecule has 0 fully saturated rings. The van der Waals surface area contributed by atoms with Gasteiger partial charge in [0.15, 0.2) is 0 Å². The van der Waals surface area contributed by atoms with E-state index in [2.05, 4.69) is 15.5 Å². The summed E-state index contributed by atoms with van der Waals surface area (Å²) in [6.07, 6.45) is 1.04. The number of aromatic nitrogens is 2. The number of methoxy groups -OCH3 is 2. The van der Waals surface area contributed by atoms with Gasteiger partial charge in [-0.3, -0.25) is 14.4 Å². The second-order valence-corrected chi connectivity index (χ2v) is 9.40. The number of nitrogens with zero attached hydrogens (tertiary/aromatic N) is 3. The Morgan fingerprint density at radius 2 is 1.74 bits per heavy atom. The first-order valence-corrected chi connectivity index (χ1v) is 11.8. The van der Waals surface area contributed by atoms with Crippen LogP contribution in [0.15, 0.2) is 48.5 Å². The number of anilines is 2. The molecule has 164 valence electrons. The Labute approximate surface area is 184 Å². The number of nitrogens with one attached hydrogen (secondary N) is 1. The summed E-state index contributed by atoms with van der Waals surface area (Å²) < 4.78 is 36.2. The van der Waals surface area contributed by atoms with Gasteiger partial charge in [0.25, 0.3) is 0 Å². The maximum absolute atomic E-state index is 12.8. The third-order valence-electron chi connectivity index (χ3n) is 4.39. The van der Waals surface area contributed by atoms with Gasteiger partial charge in [0.05, 0.1) is 26.2 Å². The highest BCUT2D eigenvalue weighted by atomic mass is 32.2. The minimum Gasteiger partial charge on any atom is -0.497 e. The predicted octanol–water partition coefficient (Wildman–Crippen LogP) is 3.02. The lowest BCUT2D eigenvalue weighted by molar-refractivity contribution is -0.116. The fourth-order valence-corrected chi connectivity index (χ4v) is 4.81. The van der Waals surface area contributed by atoms with Crippen LogP contribution in [-0.4, -0.2) is 51.0 Å². The van der Waals surface area contributed by atoms with Crippen molar-refractivity contribution in [3.05, 3.63) is 48.5 Å². The number of hydrogen-bond acceptors (Lipinski definition) is 8. The van der Waals surface area contributed by atoms with E-state index in [1.807, 2.05) is 12.1 Å². The third kappa shape index (κ3) is 5.30.